The fraction of sp³-hybridized carbons (Fsp3) is 0.222. The molecule has 154 valence electrons. The summed E-state index contributed by atoms with van der Waals surface area (Å²) in [5.41, 5.74) is 6.68. The number of benzene rings is 1. The average Bonchev–Trinajstić information content (AvgIpc) is 3.38. The minimum atomic E-state index is -0.961. The van der Waals surface area contributed by atoms with Crippen molar-refractivity contribution in [3.63, 3.8) is 0 Å². The van der Waals surface area contributed by atoms with E-state index < -0.39 is 17.7 Å². The van der Waals surface area contributed by atoms with Crippen molar-refractivity contribution in [1.29, 1.82) is 0 Å². The molecule has 0 spiro atoms. The highest BCUT2D eigenvalue weighted by Gasteiger charge is 2.24. The van der Waals surface area contributed by atoms with Gasteiger partial charge in [0.25, 0.3) is 5.91 Å². The van der Waals surface area contributed by atoms with E-state index in [1.54, 1.807) is 20.0 Å². The lowest BCUT2D eigenvalue weighted by molar-refractivity contribution is -0.137. The van der Waals surface area contributed by atoms with E-state index in [1.807, 2.05) is 0 Å². The van der Waals surface area contributed by atoms with Crippen molar-refractivity contribution in [2.45, 2.75) is 19.9 Å². The Labute approximate surface area is 168 Å². The Morgan fingerprint density at radius 2 is 2.10 bits per heavy atom. The number of nitrogens with two attached hydrogens (primary N) is 1. The molecular weight excluding hydrogens is 395 g/mol. The lowest BCUT2D eigenvalue weighted by Gasteiger charge is -2.06. The van der Waals surface area contributed by atoms with E-state index in [0.29, 0.717) is 22.3 Å². The summed E-state index contributed by atoms with van der Waals surface area (Å²) in [6.07, 6.45) is 1.33. The number of hydrogen-bond acceptors (Lipinski definition) is 6. The third kappa shape index (κ3) is 3.17. The quantitative estimate of drug-likeness (QED) is 0.430. The number of carbonyl (C=O) groups excluding carboxylic acids is 1. The van der Waals surface area contributed by atoms with Crippen molar-refractivity contribution in [2.24, 2.45) is 12.8 Å². The first kappa shape index (κ1) is 19.2. The van der Waals surface area contributed by atoms with Gasteiger partial charge in [0.15, 0.2) is 11.6 Å². The van der Waals surface area contributed by atoms with Crippen LogP contribution in [-0.2, 0) is 18.4 Å². The summed E-state index contributed by atoms with van der Waals surface area (Å²) in [6.45, 7) is 1.89. The zero-order chi connectivity index (χ0) is 21.6. The highest BCUT2D eigenvalue weighted by Crippen LogP contribution is 2.32. The fourth-order valence-electron chi connectivity index (χ4n) is 3.26. The van der Waals surface area contributed by atoms with Gasteiger partial charge in [-0.3, -0.25) is 24.1 Å². The monoisotopic (exact) mass is 412 g/mol. The lowest BCUT2D eigenvalue weighted by atomic mass is 10.0. The van der Waals surface area contributed by atoms with Crippen LogP contribution < -0.4 is 5.73 Å². The topological polar surface area (TPSA) is 158 Å². The molecule has 0 unspecified atom stereocenters. The molecule has 3 heterocycles. The van der Waals surface area contributed by atoms with Gasteiger partial charge in [-0.15, -0.1) is 0 Å². The molecule has 0 saturated carbocycles. The van der Waals surface area contributed by atoms with Gasteiger partial charge in [-0.25, -0.2) is 9.37 Å². The molecule has 3 aromatic heterocycles. The Morgan fingerprint density at radius 3 is 2.80 bits per heavy atom. The van der Waals surface area contributed by atoms with E-state index in [2.05, 4.69) is 25.4 Å². The van der Waals surface area contributed by atoms with Gasteiger partial charge in [-0.1, -0.05) is 0 Å². The summed E-state index contributed by atoms with van der Waals surface area (Å²) >= 11 is 0. The number of aromatic amines is 1. The molecule has 4 aromatic rings. The van der Waals surface area contributed by atoms with Crippen LogP contribution >= 0.6 is 0 Å². The van der Waals surface area contributed by atoms with E-state index in [0.717, 1.165) is 0 Å². The van der Waals surface area contributed by atoms with Crippen LogP contribution in [0.2, 0.25) is 0 Å². The number of primary amides is 1. The molecule has 12 heteroatoms. The minimum absolute atomic E-state index is 0.00670. The van der Waals surface area contributed by atoms with E-state index in [9.17, 15) is 9.59 Å². The SMILES string of the molecule is Cc1cc(-c2nc(-c3c(F)c(C(N)=O)cc4c3cnn4C)n[nH]2)n(CCC(=O)O)n1. The maximum atomic E-state index is 15.1. The van der Waals surface area contributed by atoms with Gasteiger partial charge in [0.05, 0.1) is 41.5 Å². The second-order valence-electron chi connectivity index (χ2n) is 6.72. The van der Waals surface area contributed by atoms with Crippen LogP contribution in [0.5, 0.6) is 0 Å². The van der Waals surface area contributed by atoms with Crippen LogP contribution in [0.1, 0.15) is 22.5 Å². The van der Waals surface area contributed by atoms with Crippen molar-refractivity contribution in [3.8, 4) is 22.9 Å². The molecule has 0 fully saturated rings. The summed E-state index contributed by atoms with van der Waals surface area (Å²) in [5, 5.41) is 24.6. The van der Waals surface area contributed by atoms with Crippen molar-refractivity contribution in [1.82, 2.24) is 34.7 Å². The zero-order valence-corrected chi connectivity index (χ0v) is 16.0. The Bertz CT molecular complexity index is 1300. The summed E-state index contributed by atoms with van der Waals surface area (Å²) in [6, 6.07) is 3.05. The van der Waals surface area contributed by atoms with Crippen molar-refractivity contribution >= 4 is 22.8 Å². The summed E-state index contributed by atoms with van der Waals surface area (Å²) in [5.74, 6) is -2.44. The number of halogens is 1. The fourth-order valence-corrected chi connectivity index (χ4v) is 3.26. The summed E-state index contributed by atoms with van der Waals surface area (Å²) in [7, 11) is 1.65. The molecule has 1 amide bonds. The molecule has 30 heavy (non-hydrogen) atoms. The number of nitrogens with zero attached hydrogens (tertiary/aromatic N) is 6. The standard InChI is InChI=1S/C18H17FN8O3/c1-8-5-12(27(25-8)4-3-13(28)29)17-22-18(24-23-17)14-10-7-21-26(2)11(10)6-9(15(14)19)16(20)30/h5-7H,3-4H2,1-2H3,(H2,20,30)(H,28,29)(H,22,23,24). The molecule has 4 rings (SSSR count). The van der Waals surface area contributed by atoms with Gasteiger partial charge < -0.3 is 10.8 Å². The van der Waals surface area contributed by atoms with Crippen molar-refractivity contribution < 1.29 is 19.1 Å². The number of carboxylic acids is 1. The maximum Gasteiger partial charge on any atom is 0.305 e. The molecule has 4 N–H and O–H groups in total. The zero-order valence-electron chi connectivity index (χ0n) is 16.0. The van der Waals surface area contributed by atoms with Crippen LogP contribution in [0, 0.1) is 12.7 Å². The van der Waals surface area contributed by atoms with E-state index >= 15 is 4.39 Å². The van der Waals surface area contributed by atoms with E-state index in [-0.39, 0.29) is 35.7 Å². The molecule has 0 atom stereocenters. The normalized spacial score (nSPS) is 11.3. The van der Waals surface area contributed by atoms with E-state index in [1.165, 1.54) is 21.6 Å². The van der Waals surface area contributed by atoms with E-state index in [4.69, 9.17) is 10.8 Å². The van der Waals surface area contributed by atoms with Crippen molar-refractivity contribution in [3.05, 3.63) is 35.4 Å². The summed E-state index contributed by atoms with van der Waals surface area (Å²) < 4.78 is 18.1. The van der Waals surface area contributed by atoms with Gasteiger partial charge in [0.2, 0.25) is 0 Å². The van der Waals surface area contributed by atoms with Crippen LogP contribution in [0.15, 0.2) is 18.3 Å². The molecule has 0 bridgehead atoms. The number of aliphatic carboxylic acids is 1. The number of aromatic nitrogens is 7. The highest BCUT2D eigenvalue weighted by atomic mass is 19.1. The Morgan fingerprint density at radius 1 is 1.33 bits per heavy atom. The van der Waals surface area contributed by atoms with Gasteiger partial charge in [-0.2, -0.15) is 15.3 Å². The largest absolute Gasteiger partial charge is 0.481 e. The number of hydrogen-bond donors (Lipinski definition) is 3. The second-order valence-corrected chi connectivity index (χ2v) is 6.72. The molecular formula is C18H17FN8O3. The molecule has 0 radical (unpaired) electrons. The first-order valence-corrected chi connectivity index (χ1v) is 8.89. The number of carbonyl (C=O) groups is 2. The average molecular weight is 412 g/mol. The molecule has 0 saturated heterocycles. The molecule has 0 aliphatic carbocycles. The molecule has 11 nitrogen and oxygen atoms in total. The third-order valence-electron chi connectivity index (χ3n) is 4.65. The smallest absolute Gasteiger partial charge is 0.305 e. The van der Waals surface area contributed by atoms with Crippen LogP contribution in [-0.4, -0.2) is 51.7 Å². The number of nitrogens with one attached hydrogen (secondary N) is 1. The highest BCUT2D eigenvalue weighted by molar-refractivity contribution is 6.02. The van der Waals surface area contributed by atoms with Gasteiger partial charge >= 0.3 is 5.97 Å². The minimum Gasteiger partial charge on any atom is -0.481 e. The summed E-state index contributed by atoms with van der Waals surface area (Å²) in [4.78, 5) is 27.0. The number of aryl methyl sites for hydroxylation is 3. The maximum absolute atomic E-state index is 15.1. The third-order valence-corrected chi connectivity index (χ3v) is 4.65. The predicted octanol–water partition coefficient (Wildman–Crippen LogP) is 1.24. The van der Waals surface area contributed by atoms with Crippen molar-refractivity contribution in [2.75, 3.05) is 0 Å². The number of fused-ring (bicyclic) bond motifs is 1. The first-order valence-electron chi connectivity index (χ1n) is 8.89. The first-order chi connectivity index (χ1) is 14.3. The number of H-pyrrole nitrogens is 1. The van der Waals surface area contributed by atoms with Crippen LogP contribution in [0.25, 0.3) is 33.8 Å². The number of rotatable bonds is 6. The van der Waals surface area contributed by atoms with Gasteiger partial charge in [-0.05, 0) is 19.1 Å². The molecule has 0 aliphatic rings. The van der Waals surface area contributed by atoms with Gasteiger partial charge in [0, 0.05) is 12.4 Å². The Balaban J connectivity index is 1.85. The lowest BCUT2D eigenvalue weighted by Crippen LogP contribution is -2.14. The molecule has 0 aliphatic heterocycles. The van der Waals surface area contributed by atoms with Crippen LogP contribution in [0.3, 0.4) is 0 Å². The molecule has 1 aromatic carbocycles. The second kappa shape index (κ2) is 7.06. The number of carboxylic acid groups (broad SMARTS) is 1. The van der Waals surface area contributed by atoms with Crippen LogP contribution in [0.4, 0.5) is 4.39 Å². The Hall–Kier alpha value is -4.09. The van der Waals surface area contributed by atoms with Gasteiger partial charge in [0.1, 0.15) is 11.5 Å². The Kier molecular flexibility index (Phi) is 4.53. The number of amides is 1. The predicted molar refractivity (Wildman–Crippen MR) is 103 cm³/mol.